The second-order valence-corrected chi connectivity index (χ2v) is 8.24. The zero-order valence-electron chi connectivity index (χ0n) is 13.4. The fraction of sp³-hybridized carbons (Fsp3) is 0.0588. The number of benzene rings is 1. The number of anilines is 1. The van der Waals surface area contributed by atoms with E-state index in [2.05, 4.69) is 10.3 Å². The van der Waals surface area contributed by atoms with Crippen molar-refractivity contribution in [3.8, 4) is 0 Å². The van der Waals surface area contributed by atoms with E-state index in [-0.39, 0.29) is 16.8 Å². The Balaban J connectivity index is 1.73. The maximum atomic E-state index is 12.6. The second kappa shape index (κ2) is 8.58. The minimum atomic E-state index is -0.432. The van der Waals surface area contributed by atoms with Crippen molar-refractivity contribution >= 4 is 86.8 Å². The quantitative estimate of drug-likeness (QED) is 0.522. The van der Waals surface area contributed by atoms with E-state index >= 15 is 0 Å². The van der Waals surface area contributed by atoms with Gasteiger partial charge in [0, 0.05) is 21.8 Å². The van der Waals surface area contributed by atoms with Gasteiger partial charge >= 0.3 is 0 Å². The summed E-state index contributed by atoms with van der Waals surface area (Å²) in [7, 11) is 0. The minimum Gasteiger partial charge on any atom is -0.309 e. The van der Waals surface area contributed by atoms with Crippen molar-refractivity contribution in [3.05, 3.63) is 62.1 Å². The van der Waals surface area contributed by atoms with Crippen LogP contribution in [0.5, 0.6) is 0 Å². The molecule has 27 heavy (non-hydrogen) atoms. The number of thiocarbonyl (C=S) groups is 1. The number of rotatable bonds is 4. The fourth-order valence-corrected chi connectivity index (χ4v) is 4.05. The summed E-state index contributed by atoms with van der Waals surface area (Å²) >= 11 is 24.3. The monoisotopic (exact) mass is 457 g/mol. The molecule has 1 aromatic carbocycles. The highest BCUT2D eigenvalue weighted by molar-refractivity contribution is 8.26. The van der Waals surface area contributed by atoms with E-state index in [0.717, 1.165) is 11.8 Å². The van der Waals surface area contributed by atoms with E-state index in [0.29, 0.717) is 31.4 Å². The van der Waals surface area contributed by atoms with Crippen molar-refractivity contribution < 1.29 is 9.59 Å². The van der Waals surface area contributed by atoms with Gasteiger partial charge in [0.2, 0.25) is 5.91 Å². The number of carbonyl (C=O) groups excluding carboxylic acids is 2. The Labute approximate surface area is 179 Å². The van der Waals surface area contributed by atoms with Crippen LogP contribution in [0.2, 0.25) is 15.1 Å². The number of thioether (sulfide) groups is 1. The first-order valence-corrected chi connectivity index (χ1v) is 9.82. The van der Waals surface area contributed by atoms with Crippen LogP contribution in [0.1, 0.15) is 5.56 Å². The SMILES string of the molecule is O=C(CN1C(=O)/C(=C/c2c(Cl)cccc2Cl)SC1=S)Nc1ccc(Cl)cn1. The number of carbonyl (C=O) groups is 2. The molecule has 2 heterocycles. The molecule has 0 spiro atoms. The van der Waals surface area contributed by atoms with Gasteiger partial charge in [0.25, 0.3) is 5.91 Å². The molecule has 2 aromatic rings. The zero-order chi connectivity index (χ0) is 19.6. The molecule has 1 fully saturated rings. The predicted octanol–water partition coefficient (Wildman–Crippen LogP) is 4.88. The summed E-state index contributed by atoms with van der Waals surface area (Å²) in [5.41, 5.74) is 0.524. The third-order valence-electron chi connectivity index (χ3n) is 3.45. The van der Waals surface area contributed by atoms with Crippen LogP contribution in [-0.2, 0) is 9.59 Å². The lowest BCUT2D eigenvalue weighted by atomic mass is 10.2. The lowest BCUT2D eigenvalue weighted by Gasteiger charge is -2.13. The number of hydrogen-bond donors (Lipinski definition) is 1. The number of nitrogens with one attached hydrogen (secondary N) is 1. The van der Waals surface area contributed by atoms with Gasteiger partial charge in [0.15, 0.2) is 0 Å². The van der Waals surface area contributed by atoms with Gasteiger partial charge in [-0.1, -0.05) is 64.8 Å². The van der Waals surface area contributed by atoms with E-state index in [9.17, 15) is 9.59 Å². The van der Waals surface area contributed by atoms with Crippen LogP contribution >= 0.6 is 58.8 Å². The Morgan fingerprint density at radius 3 is 2.56 bits per heavy atom. The lowest BCUT2D eigenvalue weighted by Crippen LogP contribution is -2.36. The maximum absolute atomic E-state index is 12.6. The summed E-state index contributed by atoms with van der Waals surface area (Å²) in [6, 6.07) is 8.21. The largest absolute Gasteiger partial charge is 0.309 e. The molecule has 0 saturated carbocycles. The van der Waals surface area contributed by atoms with Crippen LogP contribution < -0.4 is 5.32 Å². The van der Waals surface area contributed by atoms with Gasteiger partial charge in [-0.05, 0) is 30.3 Å². The van der Waals surface area contributed by atoms with Crippen molar-refractivity contribution in [1.82, 2.24) is 9.88 Å². The molecule has 0 aliphatic carbocycles. The Bertz CT molecular complexity index is 944. The van der Waals surface area contributed by atoms with Crippen LogP contribution in [0.15, 0.2) is 41.4 Å². The van der Waals surface area contributed by atoms with E-state index in [1.54, 1.807) is 36.4 Å². The Morgan fingerprint density at radius 1 is 1.22 bits per heavy atom. The summed E-state index contributed by atoms with van der Waals surface area (Å²) in [6.45, 7) is -0.234. The number of pyridine rings is 1. The molecule has 2 amide bonds. The average molecular weight is 459 g/mol. The summed E-state index contributed by atoms with van der Waals surface area (Å²) < 4.78 is 0.272. The molecule has 0 radical (unpaired) electrons. The summed E-state index contributed by atoms with van der Waals surface area (Å²) in [6.07, 6.45) is 2.98. The highest BCUT2D eigenvalue weighted by Gasteiger charge is 2.33. The standard InChI is InChI=1S/C17H10Cl3N3O2S2/c18-9-4-5-14(21-7-9)22-15(24)8-23-16(25)13(27-17(23)26)6-10-11(19)2-1-3-12(10)20/h1-7H,8H2,(H,21,22,24)/b13-6-. The molecule has 0 bridgehead atoms. The summed E-state index contributed by atoms with van der Waals surface area (Å²) in [5.74, 6) is -0.494. The molecule has 3 rings (SSSR count). The van der Waals surface area contributed by atoms with E-state index in [1.165, 1.54) is 11.1 Å². The molecular weight excluding hydrogens is 449 g/mol. The minimum absolute atomic E-state index is 0.234. The average Bonchev–Trinajstić information content (AvgIpc) is 2.88. The van der Waals surface area contributed by atoms with Crippen molar-refractivity contribution in [2.75, 3.05) is 11.9 Å². The fourth-order valence-electron chi connectivity index (χ4n) is 2.19. The van der Waals surface area contributed by atoms with Crippen molar-refractivity contribution in [3.63, 3.8) is 0 Å². The van der Waals surface area contributed by atoms with Gasteiger partial charge in [0.1, 0.15) is 16.7 Å². The van der Waals surface area contributed by atoms with E-state index in [4.69, 9.17) is 47.0 Å². The number of halogens is 3. The van der Waals surface area contributed by atoms with Gasteiger partial charge in [-0.2, -0.15) is 0 Å². The van der Waals surface area contributed by atoms with E-state index in [1.807, 2.05) is 0 Å². The van der Waals surface area contributed by atoms with Crippen LogP contribution in [0.25, 0.3) is 6.08 Å². The highest BCUT2D eigenvalue weighted by Crippen LogP contribution is 2.35. The number of nitrogens with zero attached hydrogens (tertiary/aromatic N) is 2. The zero-order valence-corrected chi connectivity index (χ0v) is 17.3. The van der Waals surface area contributed by atoms with Crippen molar-refractivity contribution in [2.45, 2.75) is 0 Å². The Morgan fingerprint density at radius 2 is 1.93 bits per heavy atom. The second-order valence-electron chi connectivity index (χ2n) is 5.31. The number of amides is 2. The molecule has 1 N–H and O–H groups in total. The molecule has 1 aliphatic heterocycles. The summed E-state index contributed by atoms with van der Waals surface area (Å²) in [4.78, 5) is 30.4. The first-order valence-electron chi connectivity index (χ1n) is 7.46. The van der Waals surface area contributed by atoms with Gasteiger partial charge in [-0.25, -0.2) is 4.98 Å². The van der Waals surface area contributed by atoms with Crippen LogP contribution in [0.3, 0.4) is 0 Å². The topological polar surface area (TPSA) is 62.3 Å². The molecule has 5 nitrogen and oxygen atoms in total. The van der Waals surface area contributed by atoms with Crippen LogP contribution in [-0.4, -0.2) is 32.6 Å². The maximum Gasteiger partial charge on any atom is 0.266 e. The first kappa shape index (κ1) is 20.1. The molecular formula is C17H10Cl3N3O2S2. The molecule has 1 aliphatic rings. The Hall–Kier alpha value is -1.64. The van der Waals surface area contributed by atoms with Gasteiger partial charge in [-0.15, -0.1) is 0 Å². The third kappa shape index (κ3) is 4.80. The summed E-state index contributed by atoms with van der Waals surface area (Å²) in [5, 5.41) is 3.87. The van der Waals surface area contributed by atoms with Gasteiger partial charge in [0.05, 0.1) is 9.93 Å². The molecule has 138 valence electrons. The molecule has 10 heteroatoms. The van der Waals surface area contributed by atoms with Gasteiger partial charge < -0.3 is 5.32 Å². The molecule has 0 atom stereocenters. The number of aromatic nitrogens is 1. The molecule has 1 aromatic heterocycles. The third-order valence-corrected chi connectivity index (χ3v) is 5.71. The molecule has 1 saturated heterocycles. The Kier molecular flexibility index (Phi) is 6.39. The number of hydrogen-bond acceptors (Lipinski definition) is 5. The lowest BCUT2D eigenvalue weighted by molar-refractivity contribution is -0.126. The van der Waals surface area contributed by atoms with Crippen LogP contribution in [0.4, 0.5) is 5.82 Å². The smallest absolute Gasteiger partial charge is 0.266 e. The first-order chi connectivity index (χ1) is 12.8. The van der Waals surface area contributed by atoms with Crippen molar-refractivity contribution in [1.29, 1.82) is 0 Å². The van der Waals surface area contributed by atoms with Crippen LogP contribution in [0, 0.1) is 0 Å². The molecule has 0 unspecified atom stereocenters. The van der Waals surface area contributed by atoms with E-state index < -0.39 is 5.91 Å². The predicted molar refractivity (Wildman–Crippen MR) is 114 cm³/mol. The van der Waals surface area contributed by atoms with Crippen molar-refractivity contribution in [2.24, 2.45) is 0 Å². The highest BCUT2D eigenvalue weighted by atomic mass is 35.5. The normalized spacial score (nSPS) is 15.5. The van der Waals surface area contributed by atoms with Gasteiger partial charge in [-0.3, -0.25) is 14.5 Å².